The van der Waals surface area contributed by atoms with Gasteiger partial charge in [-0.3, -0.25) is 14.9 Å². The van der Waals surface area contributed by atoms with Gasteiger partial charge in [-0.2, -0.15) is 5.10 Å². The van der Waals surface area contributed by atoms with Crippen molar-refractivity contribution in [3.05, 3.63) is 52.1 Å². The van der Waals surface area contributed by atoms with Crippen molar-refractivity contribution in [3.63, 3.8) is 0 Å². The molecule has 1 amide bonds. The largest absolute Gasteiger partial charge is 0.500 e. The Labute approximate surface area is 159 Å². The minimum absolute atomic E-state index is 0.0253. The summed E-state index contributed by atoms with van der Waals surface area (Å²) in [7, 11) is 0. The maximum absolute atomic E-state index is 12.2. The molecule has 0 unspecified atom stereocenters. The predicted octanol–water partition coefficient (Wildman–Crippen LogP) is 1.99. The molecule has 10 heteroatoms. The lowest BCUT2D eigenvalue weighted by Gasteiger charge is -2.24. The van der Waals surface area contributed by atoms with Crippen LogP contribution in [-0.2, 0) is 4.79 Å². The van der Waals surface area contributed by atoms with Crippen molar-refractivity contribution in [3.8, 4) is 23.0 Å². The second-order valence-electron chi connectivity index (χ2n) is 5.68. The van der Waals surface area contributed by atoms with Crippen molar-refractivity contribution < 1.29 is 29.0 Å². The summed E-state index contributed by atoms with van der Waals surface area (Å²) in [5.74, 6) is -0.156. The predicted molar refractivity (Wildman–Crippen MR) is 98.0 cm³/mol. The monoisotopic (exact) mass is 387 g/mol. The molecule has 2 N–H and O–H groups in total. The highest BCUT2D eigenvalue weighted by Gasteiger charge is 2.27. The highest BCUT2D eigenvalue weighted by Crippen LogP contribution is 2.36. The maximum atomic E-state index is 12.2. The molecule has 146 valence electrons. The zero-order valence-electron chi connectivity index (χ0n) is 14.8. The number of ether oxygens (including phenoxy) is 3. The SMILES string of the molecule is CCOc1cc(C=NNC(=O)[C@@H]2COc3ccccc3O2)cc([N+](=O)[O-])c1O. The first-order chi connectivity index (χ1) is 13.5. The summed E-state index contributed by atoms with van der Waals surface area (Å²) in [6, 6.07) is 9.45. The minimum atomic E-state index is -0.889. The molecule has 0 saturated heterocycles. The van der Waals surface area contributed by atoms with Crippen LogP contribution in [0, 0.1) is 10.1 Å². The molecule has 0 fully saturated rings. The van der Waals surface area contributed by atoms with Crippen molar-refractivity contribution in [1.82, 2.24) is 5.43 Å². The number of amides is 1. The van der Waals surface area contributed by atoms with Crippen LogP contribution in [0.3, 0.4) is 0 Å². The molecule has 10 nitrogen and oxygen atoms in total. The van der Waals surface area contributed by atoms with Crippen LogP contribution in [0.5, 0.6) is 23.0 Å². The summed E-state index contributed by atoms with van der Waals surface area (Å²) >= 11 is 0. The van der Waals surface area contributed by atoms with Gasteiger partial charge in [-0.1, -0.05) is 12.1 Å². The van der Waals surface area contributed by atoms with Gasteiger partial charge >= 0.3 is 5.69 Å². The number of fused-ring (bicyclic) bond motifs is 1. The fourth-order valence-corrected chi connectivity index (χ4v) is 2.48. The quantitative estimate of drug-likeness (QED) is 0.440. The van der Waals surface area contributed by atoms with Gasteiger partial charge in [0.25, 0.3) is 5.91 Å². The number of aromatic hydroxyl groups is 1. The van der Waals surface area contributed by atoms with Crippen LogP contribution in [0.1, 0.15) is 12.5 Å². The molecule has 0 spiro atoms. The molecule has 1 atom stereocenters. The fourth-order valence-electron chi connectivity index (χ4n) is 2.48. The summed E-state index contributed by atoms with van der Waals surface area (Å²) in [5, 5.41) is 24.7. The van der Waals surface area contributed by atoms with Crippen LogP contribution in [-0.4, -0.2) is 41.5 Å². The number of carbonyl (C=O) groups is 1. The number of carbonyl (C=O) groups excluding carboxylic acids is 1. The van der Waals surface area contributed by atoms with E-state index in [1.165, 1.54) is 12.3 Å². The lowest BCUT2D eigenvalue weighted by Crippen LogP contribution is -2.42. The highest BCUT2D eigenvalue weighted by atomic mass is 16.6. The number of para-hydroxylation sites is 2. The molecule has 1 aliphatic heterocycles. The van der Waals surface area contributed by atoms with Crippen molar-refractivity contribution in [2.24, 2.45) is 5.10 Å². The molecule has 0 aromatic heterocycles. The number of hydrogen-bond donors (Lipinski definition) is 2. The molecule has 0 bridgehead atoms. The Kier molecular flexibility index (Phi) is 5.58. The topological polar surface area (TPSA) is 133 Å². The Balaban J connectivity index is 1.69. The van der Waals surface area contributed by atoms with Gasteiger partial charge in [0.1, 0.15) is 6.61 Å². The summed E-state index contributed by atoms with van der Waals surface area (Å²) in [6.45, 7) is 1.91. The Morgan fingerprint density at radius 3 is 2.89 bits per heavy atom. The summed E-state index contributed by atoms with van der Waals surface area (Å²) < 4.78 is 16.2. The highest BCUT2D eigenvalue weighted by molar-refractivity contribution is 5.86. The van der Waals surface area contributed by atoms with Crippen LogP contribution in [0.15, 0.2) is 41.5 Å². The van der Waals surface area contributed by atoms with Crippen LogP contribution >= 0.6 is 0 Å². The van der Waals surface area contributed by atoms with Gasteiger partial charge in [0.15, 0.2) is 17.2 Å². The number of nitrogens with one attached hydrogen (secondary N) is 1. The molecule has 0 saturated carbocycles. The Morgan fingerprint density at radius 2 is 2.18 bits per heavy atom. The molecular formula is C18H17N3O7. The van der Waals surface area contributed by atoms with Crippen LogP contribution in [0.25, 0.3) is 0 Å². The fraction of sp³-hybridized carbons (Fsp3) is 0.222. The number of hydrazone groups is 1. The zero-order valence-corrected chi connectivity index (χ0v) is 14.8. The molecule has 0 radical (unpaired) electrons. The van der Waals surface area contributed by atoms with E-state index in [1.54, 1.807) is 31.2 Å². The van der Waals surface area contributed by atoms with Crippen molar-refractivity contribution in [2.45, 2.75) is 13.0 Å². The second kappa shape index (κ2) is 8.25. The second-order valence-corrected chi connectivity index (χ2v) is 5.68. The van der Waals surface area contributed by atoms with Crippen LogP contribution in [0.2, 0.25) is 0 Å². The molecule has 3 rings (SSSR count). The number of rotatable bonds is 6. The van der Waals surface area contributed by atoms with Crippen LogP contribution in [0.4, 0.5) is 5.69 Å². The number of hydrogen-bond acceptors (Lipinski definition) is 8. The van der Waals surface area contributed by atoms with E-state index in [0.29, 0.717) is 11.5 Å². The first kappa shape index (κ1) is 19.0. The third-order valence-corrected chi connectivity index (χ3v) is 3.76. The van der Waals surface area contributed by atoms with Crippen molar-refractivity contribution >= 4 is 17.8 Å². The van der Waals surface area contributed by atoms with E-state index < -0.39 is 28.4 Å². The van der Waals surface area contributed by atoms with E-state index >= 15 is 0 Å². The molecule has 0 aliphatic carbocycles. The Bertz CT molecular complexity index is 929. The Morgan fingerprint density at radius 1 is 1.43 bits per heavy atom. The van der Waals surface area contributed by atoms with Gasteiger partial charge in [-0.05, 0) is 25.1 Å². The van der Waals surface area contributed by atoms with Gasteiger partial charge in [0.05, 0.1) is 17.7 Å². The first-order valence-corrected chi connectivity index (χ1v) is 8.35. The average molecular weight is 387 g/mol. The first-order valence-electron chi connectivity index (χ1n) is 8.35. The molecule has 2 aromatic carbocycles. The van der Waals surface area contributed by atoms with Crippen molar-refractivity contribution in [1.29, 1.82) is 0 Å². The van der Waals surface area contributed by atoms with E-state index in [9.17, 15) is 20.0 Å². The molecule has 1 heterocycles. The van der Waals surface area contributed by atoms with E-state index in [-0.39, 0.29) is 24.5 Å². The third kappa shape index (κ3) is 4.11. The number of phenols is 1. The number of nitro groups is 1. The van der Waals surface area contributed by atoms with E-state index in [2.05, 4.69) is 10.5 Å². The molecule has 2 aromatic rings. The zero-order chi connectivity index (χ0) is 20.1. The van der Waals surface area contributed by atoms with Gasteiger partial charge in [0.2, 0.25) is 11.9 Å². The number of nitro benzene ring substituents is 1. The summed E-state index contributed by atoms with van der Waals surface area (Å²) in [6.07, 6.45) is 0.310. The molecular weight excluding hydrogens is 370 g/mol. The third-order valence-electron chi connectivity index (χ3n) is 3.76. The number of benzene rings is 2. The average Bonchev–Trinajstić information content (AvgIpc) is 2.69. The summed E-state index contributed by atoms with van der Waals surface area (Å²) in [4.78, 5) is 22.5. The van der Waals surface area contributed by atoms with E-state index in [1.807, 2.05) is 0 Å². The lowest BCUT2D eigenvalue weighted by molar-refractivity contribution is -0.386. The smallest absolute Gasteiger partial charge is 0.315 e. The minimum Gasteiger partial charge on any atom is -0.500 e. The Hall–Kier alpha value is -3.82. The number of nitrogens with zero attached hydrogens (tertiary/aromatic N) is 2. The van der Waals surface area contributed by atoms with E-state index in [4.69, 9.17) is 14.2 Å². The van der Waals surface area contributed by atoms with E-state index in [0.717, 1.165) is 6.07 Å². The maximum Gasteiger partial charge on any atom is 0.315 e. The molecule has 28 heavy (non-hydrogen) atoms. The standard InChI is InChI=1S/C18H17N3O7/c1-2-26-15-8-11(7-12(17(15)22)21(24)25)9-19-20-18(23)16-10-27-13-5-3-4-6-14(13)28-16/h3-9,16,22H,2,10H2,1H3,(H,20,23)/t16-/m0/s1. The normalized spacial score (nSPS) is 15.2. The number of phenolic OH excluding ortho intramolecular Hbond substituents is 1. The molecule has 1 aliphatic rings. The summed E-state index contributed by atoms with van der Waals surface area (Å²) in [5.41, 5.74) is 2.03. The van der Waals surface area contributed by atoms with Gasteiger partial charge in [-0.25, -0.2) is 5.43 Å². The van der Waals surface area contributed by atoms with Gasteiger partial charge in [0, 0.05) is 11.6 Å². The van der Waals surface area contributed by atoms with Crippen molar-refractivity contribution in [2.75, 3.05) is 13.2 Å². The van der Waals surface area contributed by atoms with Gasteiger partial charge < -0.3 is 19.3 Å². The lowest BCUT2D eigenvalue weighted by atomic mass is 10.2. The van der Waals surface area contributed by atoms with Crippen LogP contribution < -0.4 is 19.6 Å². The van der Waals surface area contributed by atoms with Gasteiger partial charge in [-0.15, -0.1) is 0 Å².